The summed E-state index contributed by atoms with van der Waals surface area (Å²) in [6.45, 7) is 6.61. The lowest BCUT2D eigenvalue weighted by atomic mass is 9.94. The van der Waals surface area contributed by atoms with Crippen molar-refractivity contribution in [3.8, 4) is 28.0 Å². The third-order valence-electron chi connectivity index (χ3n) is 8.02. The van der Waals surface area contributed by atoms with Crippen molar-refractivity contribution in [3.05, 3.63) is 145 Å². The lowest BCUT2D eigenvalue weighted by molar-refractivity contribution is -0.139. The summed E-state index contributed by atoms with van der Waals surface area (Å²) in [5.74, 6) is -0.276. The quantitative estimate of drug-likeness (QED) is 0.0370. The molecule has 0 spiro atoms. The number of carbonyl (C=O) groups is 2. The van der Waals surface area contributed by atoms with Gasteiger partial charge in [-0.2, -0.15) is 10.2 Å². The van der Waals surface area contributed by atoms with E-state index < -0.39 is 5.97 Å². The molecule has 0 aromatic heterocycles. The second-order valence-electron chi connectivity index (χ2n) is 11.8. The highest BCUT2D eigenvalue weighted by Gasteiger charge is 2.17. The number of esters is 2. The first-order valence-electron chi connectivity index (χ1n) is 16.5. The fourth-order valence-corrected chi connectivity index (χ4v) is 5.31. The van der Waals surface area contributed by atoms with E-state index in [0.29, 0.717) is 29.2 Å². The molecule has 5 rings (SSSR count). The molecule has 7 nitrogen and oxygen atoms in total. The Morgan fingerprint density at radius 1 is 0.673 bits per heavy atom. The maximum absolute atomic E-state index is 13.3. The van der Waals surface area contributed by atoms with Gasteiger partial charge in [0.2, 0.25) is 0 Å². The normalized spacial score (nSPS) is 10.9. The van der Waals surface area contributed by atoms with Gasteiger partial charge in [-0.15, -0.1) is 0 Å². The molecule has 0 N–H and O–H groups in total. The fraction of sp³-hybridized carbons (Fsp3) is 0.190. The van der Waals surface area contributed by atoms with Crippen LogP contribution in [0.4, 0.5) is 17.1 Å². The molecule has 0 unspecified atom stereocenters. The minimum absolute atomic E-state index is 0.321. The summed E-state index contributed by atoms with van der Waals surface area (Å²) in [7, 11) is 2.07. The summed E-state index contributed by atoms with van der Waals surface area (Å²) in [4.78, 5) is 26.9. The van der Waals surface area contributed by atoms with Crippen molar-refractivity contribution in [2.24, 2.45) is 10.2 Å². The van der Waals surface area contributed by atoms with E-state index in [2.05, 4.69) is 28.8 Å². The average molecular weight is 652 g/mol. The Balaban J connectivity index is 1.15. The number of benzene rings is 5. The van der Waals surface area contributed by atoms with E-state index in [0.717, 1.165) is 65.9 Å². The predicted molar refractivity (Wildman–Crippen MR) is 197 cm³/mol. The topological polar surface area (TPSA) is 80.6 Å². The number of unbranched alkanes of at least 4 members (excludes halogenated alkanes) is 3. The minimum Gasteiger partial charge on any atom is -0.462 e. The Kier molecular flexibility index (Phi) is 12.2. The molecular formula is C42H41N3O4. The summed E-state index contributed by atoms with van der Waals surface area (Å²) < 4.78 is 11.1. The van der Waals surface area contributed by atoms with E-state index in [-0.39, 0.29) is 5.97 Å². The van der Waals surface area contributed by atoms with Crippen LogP contribution in [0.1, 0.15) is 43.0 Å². The minimum atomic E-state index is -0.449. The highest BCUT2D eigenvalue weighted by molar-refractivity contribution is 5.95. The number of ether oxygens (including phenoxy) is 2. The Morgan fingerprint density at radius 2 is 1.27 bits per heavy atom. The molecule has 248 valence electrons. The largest absolute Gasteiger partial charge is 0.462 e. The molecular weight excluding hydrogens is 610 g/mol. The molecule has 0 saturated heterocycles. The van der Waals surface area contributed by atoms with Gasteiger partial charge in [-0.3, -0.25) is 0 Å². The van der Waals surface area contributed by atoms with E-state index in [1.165, 1.54) is 0 Å². The predicted octanol–water partition coefficient (Wildman–Crippen LogP) is 10.8. The first kappa shape index (κ1) is 34.5. The van der Waals surface area contributed by atoms with Crippen molar-refractivity contribution in [2.75, 3.05) is 25.1 Å². The molecule has 49 heavy (non-hydrogen) atoms. The summed E-state index contributed by atoms with van der Waals surface area (Å²) in [6.07, 6.45) is 3.98. The third kappa shape index (κ3) is 9.84. The van der Waals surface area contributed by atoms with Crippen LogP contribution in [-0.2, 0) is 9.53 Å². The summed E-state index contributed by atoms with van der Waals surface area (Å²) >= 11 is 0. The van der Waals surface area contributed by atoms with Crippen molar-refractivity contribution < 1.29 is 19.1 Å². The van der Waals surface area contributed by atoms with Crippen molar-refractivity contribution in [1.82, 2.24) is 0 Å². The van der Waals surface area contributed by atoms with Crippen LogP contribution in [0.3, 0.4) is 0 Å². The molecule has 0 saturated carbocycles. The fourth-order valence-electron chi connectivity index (χ4n) is 5.31. The Bertz CT molecular complexity index is 1870. The highest BCUT2D eigenvalue weighted by atomic mass is 16.5. The molecule has 5 aromatic rings. The maximum atomic E-state index is 13.3. The van der Waals surface area contributed by atoms with Gasteiger partial charge in [0.15, 0.2) is 0 Å². The SMILES string of the molecule is C=C(C)C(=O)OCCCCCCN(C)c1ccc(N=Nc2ccc(C(=O)Oc3cccc(-c4ccccc4)c3-c3ccccc3)cc2)cc1. The highest BCUT2D eigenvalue weighted by Crippen LogP contribution is 2.39. The number of anilines is 1. The van der Waals surface area contributed by atoms with Gasteiger partial charge in [0.1, 0.15) is 5.75 Å². The number of carbonyl (C=O) groups excluding carboxylic acids is 2. The van der Waals surface area contributed by atoms with E-state index >= 15 is 0 Å². The van der Waals surface area contributed by atoms with Gasteiger partial charge in [0.05, 0.1) is 23.5 Å². The van der Waals surface area contributed by atoms with Crippen molar-refractivity contribution in [1.29, 1.82) is 0 Å². The zero-order valence-corrected chi connectivity index (χ0v) is 28.0. The Labute approximate surface area is 288 Å². The number of rotatable bonds is 15. The van der Waals surface area contributed by atoms with Crippen LogP contribution >= 0.6 is 0 Å². The second kappa shape index (κ2) is 17.4. The molecule has 0 aliphatic carbocycles. The summed E-state index contributed by atoms with van der Waals surface area (Å²) in [5.41, 5.74) is 7.17. The third-order valence-corrected chi connectivity index (χ3v) is 8.02. The van der Waals surface area contributed by atoms with Crippen LogP contribution in [0.25, 0.3) is 22.3 Å². The smallest absolute Gasteiger partial charge is 0.343 e. The van der Waals surface area contributed by atoms with Crippen LogP contribution < -0.4 is 9.64 Å². The van der Waals surface area contributed by atoms with E-state index in [9.17, 15) is 9.59 Å². The Hall–Kier alpha value is -5.82. The van der Waals surface area contributed by atoms with Crippen LogP contribution in [0, 0.1) is 0 Å². The van der Waals surface area contributed by atoms with Gasteiger partial charge < -0.3 is 14.4 Å². The molecule has 0 amide bonds. The van der Waals surface area contributed by atoms with Gasteiger partial charge in [-0.25, -0.2) is 9.59 Å². The molecule has 0 bridgehead atoms. The van der Waals surface area contributed by atoms with Gasteiger partial charge >= 0.3 is 11.9 Å². The zero-order valence-electron chi connectivity index (χ0n) is 28.0. The van der Waals surface area contributed by atoms with Crippen molar-refractivity contribution in [3.63, 3.8) is 0 Å². The van der Waals surface area contributed by atoms with Crippen LogP contribution in [0.15, 0.2) is 150 Å². The van der Waals surface area contributed by atoms with E-state index in [4.69, 9.17) is 9.47 Å². The first-order chi connectivity index (χ1) is 23.9. The number of hydrogen-bond donors (Lipinski definition) is 0. The Morgan fingerprint density at radius 3 is 1.90 bits per heavy atom. The molecule has 0 radical (unpaired) electrons. The number of azo groups is 1. The van der Waals surface area contributed by atoms with Crippen LogP contribution in [0.2, 0.25) is 0 Å². The van der Waals surface area contributed by atoms with Crippen LogP contribution in [-0.4, -0.2) is 32.1 Å². The standard InChI is InChI=1S/C42H41N3O4/c1-31(2)41(46)48-30-13-5-4-12-29-45(3)37-27-25-36(26-28-37)44-43-35-23-21-34(22-24-35)42(47)49-39-20-14-19-38(32-15-8-6-9-16-32)40(39)33-17-10-7-11-18-33/h6-11,14-28H,1,4-5,12-13,29-30H2,2-3H3. The molecule has 0 fully saturated rings. The molecule has 0 atom stereocenters. The zero-order chi connectivity index (χ0) is 34.4. The van der Waals surface area contributed by atoms with Gasteiger partial charge in [0.25, 0.3) is 0 Å². The molecule has 0 aliphatic rings. The summed E-state index contributed by atoms with van der Waals surface area (Å²) in [5, 5.41) is 8.74. The molecule has 0 aliphatic heterocycles. The first-order valence-corrected chi connectivity index (χ1v) is 16.5. The van der Waals surface area contributed by atoms with Crippen LogP contribution in [0.5, 0.6) is 5.75 Å². The number of hydrogen-bond acceptors (Lipinski definition) is 7. The van der Waals surface area contributed by atoms with Gasteiger partial charge in [-0.1, -0.05) is 85.8 Å². The lowest BCUT2D eigenvalue weighted by Crippen LogP contribution is -2.18. The van der Waals surface area contributed by atoms with Gasteiger partial charge in [0, 0.05) is 30.4 Å². The van der Waals surface area contributed by atoms with Crippen molar-refractivity contribution in [2.45, 2.75) is 32.6 Å². The average Bonchev–Trinajstić information content (AvgIpc) is 3.14. The molecule has 0 heterocycles. The number of nitrogens with zero attached hydrogens (tertiary/aromatic N) is 3. The monoisotopic (exact) mass is 651 g/mol. The lowest BCUT2D eigenvalue weighted by Gasteiger charge is -2.19. The second-order valence-corrected chi connectivity index (χ2v) is 11.8. The van der Waals surface area contributed by atoms with Gasteiger partial charge in [-0.05, 0) is 97.5 Å². The summed E-state index contributed by atoms with van der Waals surface area (Å²) in [6, 6.07) is 40.6. The maximum Gasteiger partial charge on any atom is 0.343 e. The molecule has 5 aromatic carbocycles. The molecule has 7 heteroatoms. The van der Waals surface area contributed by atoms with E-state index in [1.54, 1.807) is 31.2 Å². The van der Waals surface area contributed by atoms with E-state index in [1.807, 2.05) is 103 Å². The van der Waals surface area contributed by atoms with Crippen molar-refractivity contribution >= 4 is 29.0 Å².